The van der Waals surface area contributed by atoms with E-state index in [2.05, 4.69) is 0 Å². The van der Waals surface area contributed by atoms with Gasteiger partial charge in [0, 0.05) is 29.9 Å². The van der Waals surface area contributed by atoms with Gasteiger partial charge in [-0.05, 0) is 42.2 Å². The normalized spacial score (nSPS) is 20.5. The predicted octanol–water partition coefficient (Wildman–Crippen LogP) is 3.21. The highest BCUT2D eigenvalue weighted by atomic mass is 32.2. The first-order chi connectivity index (χ1) is 14.7. The molecule has 0 bridgehead atoms. The summed E-state index contributed by atoms with van der Waals surface area (Å²) in [6, 6.07) is 11.2. The Labute approximate surface area is 186 Å². The molecular formula is C22H26N2O5S2. The maximum absolute atomic E-state index is 13.0. The number of carbonyl (C=O) groups excluding carboxylic acids is 2. The number of amides is 2. The molecule has 1 aromatic heterocycles. The number of benzene rings is 1. The van der Waals surface area contributed by atoms with Crippen molar-refractivity contribution in [3.8, 4) is 10.4 Å². The minimum Gasteiger partial charge on any atom is -0.345 e. The van der Waals surface area contributed by atoms with E-state index in [9.17, 15) is 18.0 Å². The Balaban J connectivity index is 1.90. The van der Waals surface area contributed by atoms with Crippen LogP contribution in [-0.2, 0) is 24.2 Å². The fourth-order valence-electron chi connectivity index (χ4n) is 3.73. The Bertz CT molecular complexity index is 1090. The molecule has 0 aliphatic carbocycles. The molecule has 7 nitrogen and oxygen atoms in total. The fourth-order valence-corrected chi connectivity index (χ4v) is 7.51. The van der Waals surface area contributed by atoms with Gasteiger partial charge in [-0.25, -0.2) is 13.9 Å². The lowest BCUT2D eigenvalue weighted by atomic mass is 9.94. The molecule has 3 rings (SSSR count). The summed E-state index contributed by atoms with van der Waals surface area (Å²) in [5.74, 6) is -0.771. The number of hydrogen-bond acceptors (Lipinski definition) is 6. The molecule has 2 heterocycles. The molecule has 2 amide bonds. The highest BCUT2D eigenvalue weighted by molar-refractivity contribution is 7.92. The van der Waals surface area contributed by atoms with Crippen LogP contribution in [0, 0.1) is 0 Å². The van der Waals surface area contributed by atoms with Gasteiger partial charge in [-0.2, -0.15) is 0 Å². The highest BCUT2D eigenvalue weighted by Crippen LogP contribution is 2.47. The molecule has 2 N–H and O–H groups in total. The Morgan fingerprint density at radius 1 is 1.16 bits per heavy atom. The summed E-state index contributed by atoms with van der Waals surface area (Å²) in [6.45, 7) is 0. The van der Waals surface area contributed by atoms with E-state index in [-0.39, 0.29) is 18.1 Å². The van der Waals surface area contributed by atoms with E-state index in [0.717, 1.165) is 16.0 Å². The van der Waals surface area contributed by atoms with Crippen LogP contribution >= 0.6 is 11.3 Å². The second-order valence-corrected chi connectivity index (χ2v) is 11.3. The third kappa shape index (κ3) is 4.89. The van der Waals surface area contributed by atoms with Crippen LogP contribution in [0.2, 0.25) is 0 Å². The van der Waals surface area contributed by atoms with Gasteiger partial charge < -0.3 is 4.90 Å². The van der Waals surface area contributed by atoms with Crippen LogP contribution < -0.4 is 5.48 Å². The summed E-state index contributed by atoms with van der Waals surface area (Å²) in [6.07, 6.45) is 4.58. The smallest absolute Gasteiger partial charge is 0.246 e. The van der Waals surface area contributed by atoms with Gasteiger partial charge in [0.15, 0.2) is 9.84 Å². The molecule has 1 atom stereocenters. The van der Waals surface area contributed by atoms with Gasteiger partial charge in [-0.15, -0.1) is 11.3 Å². The third-order valence-electron chi connectivity index (χ3n) is 5.52. The molecule has 1 saturated heterocycles. The van der Waals surface area contributed by atoms with Gasteiger partial charge in [0.2, 0.25) is 11.8 Å². The standard InChI is InChI=1S/C22H26N2O5S2/c1-24(2)21(26)12-7-16-5-8-17(9-6-16)18-10-11-19(30-18)22(15-20(25)23-27)13-3-4-14-31(22,28)29/h5-12,27H,3-4,13-15H2,1-2H3,(H,23,25)/t22-/m0/s1. The number of sulfone groups is 1. The number of rotatable bonds is 6. The van der Waals surface area contributed by atoms with E-state index >= 15 is 0 Å². The third-order valence-corrected chi connectivity index (χ3v) is 9.57. The molecule has 0 spiro atoms. The molecule has 2 aromatic rings. The van der Waals surface area contributed by atoms with Crippen molar-refractivity contribution in [1.82, 2.24) is 10.4 Å². The lowest BCUT2D eigenvalue weighted by molar-refractivity contribution is -0.130. The quantitative estimate of drug-likeness (QED) is 0.390. The number of nitrogens with one attached hydrogen (secondary N) is 1. The topological polar surface area (TPSA) is 104 Å². The van der Waals surface area contributed by atoms with Crippen molar-refractivity contribution in [2.24, 2.45) is 0 Å². The number of hydrogen-bond donors (Lipinski definition) is 2. The van der Waals surface area contributed by atoms with E-state index in [1.165, 1.54) is 22.3 Å². The lowest BCUT2D eigenvalue weighted by Crippen LogP contribution is -2.43. The van der Waals surface area contributed by atoms with Crippen molar-refractivity contribution in [3.05, 3.63) is 52.9 Å². The van der Waals surface area contributed by atoms with Crippen LogP contribution in [0.3, 0.4) is 0 Å². The van der Waals surface area contributed by atoms with Gasteiger partial charge in [0.1, 0.15) is 4.75 Å². The van der Waals surface area contributed by atoms with Crippen molar-refractivity contribution < 1.29 is 23.2 Å². The zero-order valence-corrected chi connectivity index (χ0v) is 19.1. The van der Waals surface area contributed by atoms with E-state index < -0.39 is 20.5 Å². The molecule has 1 fully saturated rings. The summed E-state index contributed by atoms with van der Waals surface area (Å²) in [7, 11) is -0.172. The van der Waals surface area contributed by atoms with Crippen LogP contribution in [0.15, 0.2) is 42.5 Å². The zero-order chi connectivity index (χ0) is 22.6. The highest BCUT2D eigenvalue weighted by Gasteiger charge is 2.49. The number of hydroxylamine groups is 1. The first kappa shape index (κ1) is 23.2. The molecule has 1 aliphatic heterocycles. The van der Waals surface area contributed by atoms with Gasteiger partial charge in [-0.3, -0.25) is 14.8 Å². The van der Waals surface area contributed by atoms with Crippen LogP contribution in [-0.4, -0.2) is 50.2 Å². The summed E-state index contributed by atoms with van der Waals surface area (Å²) < 4.78 is 24.7. The summed E-state index contributed by atoms with van der Waals surface area (Å²) in [4.78, 5) is 26.6. The maximum Gasteiger partial charge on any atom is 0.246 e. The summed E-state index contributed by atoms with van der Waals surface area (Å²) in [5.41, 5.74) is 3.38. The number of nitrogens with zero attached hydrogens (tertiary/aromatic N) is 1. The molecule has 0 radical (unpaired) electrons. The Morgan fingerprint density at radius 3 is 2.48 bits per heavy atom. The minimum atomic E-state index is -3.55. The number of thiophene rings is 1. The maximum atomic E-state index is 13.0. The average molecular weight is 463 g/mol. The molecule has 9 heteroatoms. The first-order valence-corrected chi connectivity index (χ1v) is 12.4. The average Bonchev–Trinajstić information content (AvgIpc) is 3.24. The van der Waals surface area contributed by atoms with Gasteiger partial charge in [-0.1, -0.05) is 30.7 Å². The van der Waals surface area contributed by atoms with Gasteiger partial charge in [0.05, 0.1) is 12.2 Å². The minimum absolute atomic E-state index is 0.0334. The largest absolute Gasteiger partial charge is 0.345 e. The molecule has 0 saturated carbocycles. The van der Waals surface area contributed by atoms with Crippen LogP contribution in [0.25, 0.3) is 16.5 Å². The van der Waals surface area contributed by atoms with Gasteiger partial charge >= 0.3 is 0 Å². The van der Waals surface area contributed by atoms with Crippen molar-refractivity contribution >= 4 is 39.1 Å². The van der Waals surface area contributed by atoms with Crippen molar-refractivity contribution in [3.63, 3.8) is 0 Å². The molecule has 1 aromatic carbocycles. The van der Waals surface area contributed by atoms with Crippen LogP contribution in [0.5, 0.6) is 0 Å². The molecule has 0 unspecified atom stereocenters. The van der Waals surface area contributed by atoms with Crippen molar-refractivity contribution in [2.75, 3.05) is 19.8 Å². The predicted molar refractivity (Wildman–Crippen MR) is 121 cm³/mol. The molecular weight excluding hydrogens is 436 g/mol. The Morgan fingerprint density at radius 2 is 1.87 bits per heavy atom. The number of carbonyl (C=O) groups is 2. The lowest BCUT2D eigenvalue weighted by Gasteiger charge is -2.35. The van der Waals surface area contributed by atoms with Crippen LogP contribution in [0.1, 0.15) is 36.1 Å². The first-order valence-electron chi connectivity index (χ1n) is 9.94. The molecule has 166 valence electrons. The monoisotopic (exact) mass is 462 g/mol. The summed E-state index contributed by atoms with van der Waals surface area (Å²) in [5, 5.41) is 8.99. The van der Waals surface area contributed by atoms with E-state index in [0.29, 0.717) is 24.1 Å². The van der Waals surface area contributed by atoms with Crippen LogP contribution in [0.4, 0.5) is 0 Å². The SMILES string of the molecule is CN(C)C(=O)C=Cc1ccc(-c2ccc([C@@]3(CC(=O)NO)CCCCS3(=O)=O)s2)cc1. The molecule has 1 aliphatic rings. The molecule has 31 heavy (non-hydrogen) atoms. The van der Waals surface area contributed by atoms with Gasteiger partial charge in [0.25, 0.3) is 0 Å². The second kappa shape index (κ2) is 9.33. The fraction of sp³-hybridized carbons (Fsp3) is 0.364. The van der Waals surface area contributed by atoms with Crippen molar-refractivity contribution in [2.45, 2.75) is 30.4 Å². The zero-order valence-electron chi connectivity index (χ0n) is 17.5. The second-order valence-electron chi connectivity index (χ2n) is 7.83. The van der Waals surface area contributed by atoms with Crippen molar-refractivity contribution in [1.29, 1.82) is 0 Å². The Hall–Kier alpha value is -2.49. The van der Waals surface area contributed by atoms with E-state index in [4.69, 9.17) is 5.21 Å². The van der Waals surface area contributed by atoms with E-state index in [1.54, 1.807) is 31.7 Å². The summed E-state index contributed by atoms with van der Waals surface area (Å²) >= 11 is 1.35. The Kier molecular flexibility index (Phi) is 6.98. The number of likely N-dealkylation sites (N-methyl/N-ethyl adjacent to an activating group) is 1. The van der Waals surface area contributed by atoms with E-state index in [1.807, 2.05) is 30.3 Å².